The first kappa shape index (κ1) is 26.3. The number of benzene rings is 2. The number of carbonyl (C=O) groups is 1. The van der Waals surface area contributed by atoms with Crippen molar-refractivity contribution < 1.29 is 32.3 Å². The molecule has 0 bridgehead atoms. The zero-order valence-electron chi connectivity index (χ0n) is 18.6. The summed E-state index contributed by atoms with van der Waals surface area (Å²) in [5, 5.41) is 5.71. The van der Waals surface area contributed by atoms with Gasteiger partial charge in [0, 0.05) is 12.1 Å². The van der Waals surface area contributed by atoms with Gasteiger partial charge in [-0.2, -0.15) is 4.72 Å². The summed E-state index contributed by atoms with van der Waals surface area (Å²) in [6.45, 7) is 2.06. The Hall–Kier alpha value is -2.27. The van der Waals surface area contributed by atoms with E-state index in [0.29, 0.717) is 18.3 Å². The average molecular weight is 512 g/mol. The van der Waals surface area contributed by atoms with Crippen molar-refractivity contribution in [3.63, 3.8) is 0 Å². The molecule has 12 heteroatoms. The number of carbonyl (C=O) groups excluding carboxylic acids is 1. The van der Waals surface area contributed by atoms with Gasteiger partial charge in [0.2, 0.25) is 10.0 Å². The molecule has 0 aliphatic carbocycles. The molecule has 3 rings (SSSR count). The van der Waals surface area contributed by atoms with E-state index in [-0.39, 0.29) is 10.5 Å². The third-order valence-corrected chi connectivity index (χ3v) is 8.36. The number of rotatable bonds is 11. The van der Waals surface area contributed by atoms with Crippen molar-refractivity contribution in [3.8, 4) is 5.75 Å². The topological polar surface area (TPSA) is 154 Å². The third-order valence-electron chi connectivity index (χ3n) is 5.58. The van der Waals surface area contributed by atoms with Gasteiger partial charge in [0.05, 0.1) is 11.5 Å². The first-order valence-electron chi connectivity index (χ1n) is 11.0. The summed E-state index contributed by atoms with van der Waals surface area (Å²) in [7, 11) is -9.09. The Balaban J connectivity index is 1.53. The summed E-state index contributed by atoms with van der Waals surface area (Å²) in [6.07, 6.45) is 3.24. The highest BCUT2D eigenvalue weighted by atomic mass is 32.2. The van der Waals surface area contributed by atoms with Crippen molar-refractivity contribution in [2.75, 3.05) is 26.2 Å². The van der Waals surface area contributed by atoms with Crippen LogP contribution in [-0.2, 0) is 14.6 Å². The van der Waals surface area contributed by atoms with E-state index in [1.165, 1.54) is 36.4 Å². The lowest BCUT2D eigenvalue weighted by Crippen LogP contribution is -2.43. The lowest BCUT2D eigenvalue weighted by atomic mass is 9.95. The molecule has 2 aromatic carbocycles. The highest BCUT2D eigenvalue weighted by Crippen LogP contribution is 2.40. The van der Waals surface area contributed by atoms with Crippen molar-refractivity contribution in [1.82, 2.24) is 15.4 Å². The van der Waals surface area contributed by atoms with Crippen LogP contribution in [-0.4, -0.2) is 56.1 Å². The van der Waals surface area contributed by atoms with Crippen molar-refractivity contribution in [2.45, 2.75) is 29.9 Å². The number of piperidine rings is 1. The molecule has 1 fully saturated rings. The summed E-state index contributed by atoms with van der Waals surface area (Å²) in [4.78, 5) is 31.5. The highest BCUT2D eigenvalue weighted by Gasteiger charge is 2.33. The molecule has 0 radical (unpaired) electrons. The van der Waals surface area contributed by atoms with Crippen LogP contribution in [0.15, 0.2) is 59.5 Å². The van der Waals surface area contributed by atoms with E-state index in [0.717, 1.165) is 32.4 Å². The van der Waals surface area contributed by atoms with Crippen LogP contribution >= 0.6 is 7.60 Å². The van der Waals surface area contributed by atoms with E-state index < -0.39 is 35.9 Å². The van der Waals surface area contributed by atoms with Crippen LogP contribution in [0.2, 0.25) is 0 Å². The summed E-state index contributed by atoms with van der Waals surface area (Å²) in [5.41, 5.74) is 0.251. The van der Waals surface area contributed by atoms with Gasteiger partial charge in [-0.05, 0) is 74.7 Å². The van der Waals surface area contributed by atoms with E-state index in [2.05, 4.69) is 10.6 Å². The third kappa shape index (κ3) is 7.90. The van der Waals surface area contributed by atoms with Gasteiger partial charge in [0.1, 0.15) is 11.5 Å². The van der Waals surface area contributed by atoms with Crippen molar-refractivity contribution in [3.05, 3.63) is 60.2 Å². The Labute approximate surface area is 199 Å². The van der Waals surface area contributed by atoms with Gasteiger partial charge in [-0.25, -0.2) is 8.42 Å². The van der Waals surface area contributed by atoms with Crippen LogP contribution in [0.1, 0.15) is 29.6 Å². The maximum atomic E-state index is 12.5. The predicted molar refractivity (Wildman–Crippen MR) is 127 cm³/mol. The van der Waals surface area contributed by atoms with Gasteiger partial charge in [0.15, 0.2) is 0 Å². The van der Waals surface area contributed by atoms with Crippen LogP contribution in [0.5, 0.6) is 5.75 Å². The first-order chi connectivity index (χ1) is 16.1. The summed E-state index contributed by atoms with van der Waals surface area (Å²) in [6, 6.07) is 13.6. The second-order valence-electron chi connectivity index (χ2n) is 8.10. The predicted octanol–water partition coefficient (Wildman–Crippen LogP) is 1.67. The Bertz CT molecular complexity index is 1090. The minimum atomic E-state index is -4.90. The van der Waals surface area contributed by atoms with Gasteiger partial charge in [0.25, 0.3) is 5.91 Å². The Morgan fingerprint density at radius 2 is 1.74 bits per heavy atom. The Morgan fingerprint density at radius 3 is 2.35 bits per heavy atom. The molecular formula is C22H30N3O7PS. The van der Waals surface area contributed by atoms with E-state index in [9.17, 15) is 27.6 Å². The molecule has 34 heavy (non-hydrogen) atoms. The molecule has 0 spiro atoms. The Kier molecular flexibility index (Phi) is 9.24. The minimum absolute atomic E-state index is 0.143. The zero-order chi connectivity index (χ0) is 24.6. The molecule has 1 aliphatic heterocycles. The maximum absolute atomic E-state index is 12.5. The minimum Gasteiger partial charge on any atom is -0.494 e. The van der Waals surface area contributed by atoms with Crippen LogP contribution in [0.25, 0.3) is 0 Å². The van der Waals surface area contributed by atoms with E-state index >= 15 is 0 Å². The fourth-order valence-corrected chi connectivity index (χ4v) is 5.97. The molecule has 0 unspecified atom stereocenters. The molecule has 1 heterocycles. The standard InChI is InChI=1S/C22H30N3O7PS/c26-22(18-6-8-19(9-7-18)32-15-12-17-10-13-23-14-11-17)24-16-21(33(27,28)29)25-34(30,31)20-4-2-1-3-5-20/h1-9,17,21,23,25H,10-16H2,(H,24,26)(H2,27,28,29)/t21-/m1/s1. The number of sulfonamides is 1. The quantitative estimate of drug-likeness (QED) is 0.286. The Morgan fingerprint density at radius 1 is 1.09 bits per heavy atom. The summed E-state index contributed by atoms with van der Waals surface area (Å²) in [5.74, 6) is -1.15. The van der Waals surface area contributed by atoms with Crippen molar-refractivity contribution in [1.29, 1.82) is 0 Å². The molecule has 1 saturated heterocycles. The fourth-order valence-electron chi connectivity index (χ4n) is 3.58. The summed E-state index contributed by atoms with van der Waals surface area (Å²) >= 11 is 0. The number of ether oxygens (including phenoxy) is 1. The lowest BCUT2D eigenvalue weighted by Gasteiger charge is -2.22. The largest absolute Gasteiger partial charge is 0.494 e. The smallest absolute Gasteiger partial charge is 0.345 e. The van der Waals surface area contributed by atoms with E-state index in [1.807, 2.05) is 4.72 Å². The molecule has 2 aromatic rings. The monoisotopic (exact) mass is 511 g/mol. The first-order valence-corrected chi connectivity index (χ1v) is 14.2. The summed E-state index contributed by atoms with van der Waals surface area (Å²) < 4.78 is 44.5. The molecule has 0 aromatic heterocycles. The molecule has 10 nitrogen and oxygen atoms in total. The highest BCUT2D eigenvalue weighted by molar-refractivity contribution is 7.89. The number of hydrogen-bond acceptors (Lipinski definition) is 6. The number of hydrogen-bond donors (Lipinski definition) is 5. The van der Waals surface area contributed by atoms with Crippen LogP contribution in [0.4, 0.5) is 0 Å². The van der Waals surface area contributed by atoms with Crippen LogP contribution < -0.4 is 20.1 Å². The van der Waals surface area contributed by atoms with Gasteiger partial charge in [-0.3, -0.25) is 9.36 Å². The lowest BCUT2D eigenvalue weighted by molar-refractivity contribution is 0.0952. The average Bonchev–Trinajstić information content (AvgIpc) is 2.82. The molecule has 5 N–H and O–H groups in total. The number of amides is 1. The van der Waals surface area contributed by atoms with Gasteiger partial charge in [-0.15, -0.1) is 0 Å². The molecule has 1 amide bonds. The molecule has 1 atom stereocenters. The van der Waals surface area contributed by atoms with E-state index in [4.69, 9.17) is 4.74 Å². The molecule has 186 valence electrons. The molecular weight excluding hydrogens is 481 g/mol. The SMILES string of the molecule is O=C(NC[C@H](NS(=O)(=O)c1ccccc1)P(=O)(O)O)c1ccc(OCCC2CCNCC2)cc1. The van der Waals surface area contributed by atoms with Crippen molar-refractivity contribution in [2.24, 2.45) is 5.92 Å². The molecule has 0 saturated carbocycles. The van der Waals surface area contributed by atoms with Crippen LogP contribution in [0.3, 0.4) is 0 Å². The maximum Gasteiger partial charge on any atom is 0.345 e. The second-order valence-corrected chi connectivity index (χ2v) is 11.6. The zero-order valence-corrected chi connectivity index (χ0v) is 20.3. The second kappa shape index (κ2) is 11.9. The fraction of sp³-hybridized carbons (Fsp3) is 0.409. The van der Waals surface area contributed by atoms with E-state index in [1.54, 1.807) is 18.2 Å². The van der Waals surface area contributed by atoms with Gasteiger partial charge >= 0.3 is 7.60 Å². The number of nitrogens with one attached hydrogen (secondary N) is 3. The van der Waals surface area contributed by atoms with Gasteiger partial charge in [-0.1, -0.05) is 18.2 Å². The van der Waals surface area contributed by atoms with Crippen molar-refractivity contribution >= 4 is 23.5 Å². The normalized spacial score (nSPS) is 16.1. The van der Waals surface area contributed by atoms with Gasteiger partial charge < -0.3 is 25.2 Å². The van der Waals surface area contributed by atoms with Crippen LogP contribution in [0, 0.1) is 5.92 Å². The molecule has 1 aliphatic rings.